The van der Waals surface area contributed by atoms with E-state index in [9.17, 15) is 4.79 Å². The molecule has 1 aliphatic carbocycles. The summed E-state index contributed by atoms with van der Waals surface area (Å²) in [6, 6.07) is 6.08. The number of carbonyl (C=O) groups excluding carboxylic acids is 1. The molecule has 5 rings (SSSR count). The summed E-state index contributed by atoms with van der Waals surface area (Å²) in [5.74, 6) is 1.98. The van der Waals surface area contributed by atoms with Crippen LogP contribution in [0.2, 0.25) is 0 Å². The smallest absolute Gasteiger partial charge is 0.256 e. The summed E-state index contributed by atoms with van der Waals surface area (Å²) >= 11 is 0. The predicted molar refractivity (Wildman–Crippen MR) is 91.4 cm³/mol. The number of aromatic nitrogens is 2. The first-order valence-electron chi connectivity index (χ1n) is 8.82. The molecule has 0 radical (unpaired) electrons. The van der Waals surface area contributed by atoms with Gasteiger partial charge in [-0.1, -0.05) is 17.3 Å². The van der Waals surface area contributed by atoms with E-state index in [1.165, 1.54) is 0 Å². The molecule has 1 aromatic heterocycles. The summed E-state index contributed by atoms with van der Waals surface area (Å²) in [4.78, 5) is 21.6. The zero-order valence-electron chi connectivity index (χ0n) is 14.4. The number of hydrogen-bond donors (Lipinski definition) is 1. The summed E-state index contributed by atoms with van der Waals surface area (Å²) in [6.07, 6.45) is 2.28. The number of aryl methyl sites for hydroxylation is 1. The third-order valence-corrected chi connectivity index (χ3v) is 5.51. The standard InChI is InChI=1S/C18H21N5O2/c1-10-4-3-5-12-14(10)18(24)22(2)8-13-15(19-9-23(12)13)16-20-17(25-21-16)11-6-7-11/h3-5,11,13,15,19H,6-9H2,1-2H3. The lowest BCUT2D eigenvalue weighted by Crippen LogP contribution is -2.40. The van der Waals surface area contributed by atoms with Crippen LogP contribution in [-0.4, -0.2) is 47.3 Å². The van der Waals surface area contributed by atoms with Crippen LogP contribution in [0, 0.1) is 6.92 Å². The fourth-order valence-corrected chi connectivity index (χ4v) is 3.95. The Labute approximate surface area is 146 Å². The molecule has 3 heterocycles. The summed E-state index contributed by atoms with van der Waals surface area (Å²) in [7, 11) is 1.86. The molecule has 2 fully saturated rings. The van der Waals surface area contributed by atoms with E-state index in [0.29, 0.717) is 25.0 Å². The van der Waals surface area contributed by atoms with Crippen molar-refractivity contribution in [1.82, 2.24) is 20.4 Å². The number of hydrogen-bond acceptors (Lipinski definition) is 6. The van der Waals surface area contributed by atoms with E-state index in [4.69, 9.17) is 4.52 Å². The Morgan fingerprint density at radius 2 is 2.16 bits per heavy atom. The Hall–Kier alpha value is -2.41. The second kappa shape index (κ2) is 5.29. The average molecular weight is 339 g/mol. The highest BCUT2D eigenvalue weighted by atomic mass is 16.5. The molecule has 3 aliphatic rings. The third kappa shape index (κ3) is 2.26. The summed E-state index contributed by atoms with van der Waals surface area (Å²) < 4.78 is 5.45. The van der Waals surface area contributed by atoms with Gasteiger partial charge in [-0.05, 0) is 31.4 Å². The molecule has 7 heteroatoms. The highest BCUT2D eigenvalue weighted by molar-refractivity contribution is 6.02. The van der Waals surface area contributed by atoms with Crippen molar-refractivity contribution < 1.29 is 9.32 Å². The number of nitrogens with one attached hydrogen (secondary N) is 1. The largest absolute Gasteiger partial charge is 0.351 e. The average Bonchev–Trinajstić information content (AvgIpc) is 3.22. The Kier molecular flexibility index (Phi) is 3.15. The van der Waals surface area contributed by atoms with E-state index in [-0.39, 0.29) is 18.0 Å². The SMILES string of the molecule is Cc1cccc2c1C(=O)N(C)CC1C(c3noc(C4CC4)n3)NCN21. The fraction of sp³-hybridized carbons (Fsp3) is 0.500. The number of benzene rings is 1. The second-order valence-corrected chi connectivity index (χ2v) is 7.30. The van der Waals surface area contributed by atoms with Gasteiger partial charge < -0.3 is 14.3 Å². The summed E-state index contributed by atoms with van der Waals surface area (Å²) in [6.45, 7) is 3.28. The van der Waals surface area contributed by atoms with Crippen LogP contribution in [0.1, 0.15) is 52.4 Å². The molecular weight excluding hydrogens is 318 g/mol. The van der Waals surface area contributed by atoms with E-state index in [1.54, 1.807) is 4.90 Å². The molecule has 130 valence electrons. The first-order valence-corrected chi connectivity index (χ1v) is 8.82. The van der Waals surface area contributed by atoms with Gasteiger partial charge in [0.15, 0.2) is 5.82 Å². The molecule has 7 nitrogen and oxygen atoms in total. The van der Waals surface area contributed by atoms with Crippen molar-refractivity contribution in [3.8, 4) is 0 Å². The maximum Gasteiger partial charge on any atom is 0.256 e. The van der Waals surface area contributed by atoms with Gasteiger partial charge in [0.1, 0.15) is 0 Å². The van der Waals surface area contributed by atoms with Crippen LogP contribution in [0.5, 0.6) is 0 Å². The van der Waals surface area contributed by atoms with Gasteiger partial charge >= 0.3 is 0 Å². The number of fused-ring (bicyclic) bond motifs is 3. The second-order valence-electron chi connectivity index (χ2n) is 7.30. The molecule has 1 aromatic carbocycles. The molecule has 2 atom stereocenters. The highest BCUT2D eigenvalue weighted by Crippen LogP contribution is 2.40. The van der Waals surface area contributed by atoms with Crippen LogP contribution >= 0.6 is 0 Å². The zero-order valence-corrected chi connectivity index (χ0v) is 14.4. The molecule has 25 heavy (non-hydrogen) atoms. The van der Waals surface area contributed by atoms with Crippen molar-refractivity contribution in [1.29, 1.82) is 0 Å². The van der Waals surface area contributed by atoms with E-state index >= 15 is 0 Å². The molecule has 2 aliphatic heterocycles. The number of amides is 1. The van der Waals surface area contributed by atoms with Crippen LogP contribution in [-0.2, 0) is 0 Å². The Balaban J connectivity index is 1.54. The van der Waals surface area contributed by atoms with Crippen molar-refractivity contribution >= 4 is 11.6 Å². The van der Waals surface area contributed by atoms with Crippen molar-refractivity contribution in [2.45, 2.75) is 37.8 Å². The number of rotatable bonds is 2. The van der Waals surface area contributed by atoms with E-state index in [1.807, 2.05) is 32.2 Å². The van der Waals surface area contributed by atoms with Crippen LogP contribution in [0.15, 0.2) is 22.7 Å². The molecule has 2 unspecified atom stereocenters. The van der Waals surface area contributed by atoms with Crippen LogP contribution in [0.25, 0.3) is 0 Å². The maximum atomic E-state index is 12.9. The lowest BCUT2D eigenvalue weighted by atomic mass is 10.0. The Morgan fingerprint density at radius 1 is 1.32 bits per heavy atom. The molecule has 1 amide bonds. The molecule has 1 saturated carbocycles. The minimum Gasteiger partial charge on any atom is -0.351 e. The molecule has 0 spiro atoms. The molecule has 1 N–H and O–H groups in total. The van der Waals surface area contributed by atoms with Crippen molar-refractivity contribution in [2.75, 3.05) is 25.2 Å². The van der Waals surface area contributed by atoms with Crippen molar-refractivity contribution in [3.63, 3.8) is 0 Å². The minimum absolute atomic E-state index is 0.0436. The van der Waals surface area contributed by atoms with Gasteiger partial charge in [-0.3, -0.25) is 10.1 Å². The number of likely N-dealkylation sites (N-methyl/N-ethyl adjacent to an activating group) is 1. The van der Waals surface area contributed by atoms with Gasteiger partial charge in [-0.2, -0.15) is 4.98 Å². The fourth-order valence-electron chi connectivity index (χ4n) is 3.95. The molecular formula is C18H21N5O2. The van der Waals surface area contributed by atoms with Crippen LogP contribution in [0.4, 0.5) is 5.69 Å². The Bertz CT molecular complexity index is 844. The zero-order chi connectivity index (χ0) is 17.1. The van der Waals surface area contributed by atoms with Gasteiger partial charge in [-0.15, -0.1) is 0 Å². The topological polar surface area (TPSA) is 74.5 Å². The van der Waals surface area contributed by atoms with Crippen molar-refractivity contribution in [3.05, 3.63) is 41.0 Å². The number of anilines is 1. The molecule has 2 aromatic rings. The quantitative estimate of drug-likeness (QED) is 0.900. The minimum atomic E-state index is -0.0436. The maximum absolute atomic E-state index is 12.9. The monoisotopic (exact) mass is 339 g/mol. The van der Waals surface area contributed by atoms with Gasteiger partial charge in [-0.25, -0.2) is 0 Å². The summed E-state index contributed by atoms with van der Waals surface area (Å²) in [5.41, 5.74) is 2.79. The van der Waals surface area contributed by atoms with E-state index in [0.717, 1.165) is 35.5 Å². The van der Waals surface area contributed by atoms with Crippen LogP contribution in [0.3, 0.4) is 0 Å². The lowest BCUT2D eigenvalue weighted by Gasteiger charge is -2.27. The first-order chi connectivity index (χ1) is 12.1. The highest BCUT2D eigenvalue weighted by Gasteiger charge is 2.43. The van der Waals surface area contributed by atoms with Gasteiger partial charge in [0, 0.05) is 19.5 Å². The van der Waals surface area contributed by atoms with Gasteiger partial charge in [0.05, 0.1) is 30.0 Å². The Morgan fingerprint density at radius 3 is 2.96 bits per heavy atom. The van der Waals surface area contributed by atoms with Gasteiger partial charge in [0.2, 0.25) is 5.89 Å². The number of nitrogens with zero attached hydrogens (tertiary/aromatic N) is 4. The summed E-state index contributed by atoms with van der Waals surface area (Å²) in [5, 5.41) is 7.73. The number of carbonyl (C=O) groups is 1. The lowest BCUT2D eigenvalue weighted by molar-refractivity contribution is 0.0791. The first kappa shape index (κ1) is 14.9. The third-order valence-electron chi connectivity index (χ3n) is 5.51. The van der Waals surface area contributed by atoms with Gasteiger partial charge in [0.25, 0.3) is 5.91 Å². The van der Waals surface area contributed by atoms with E-state index < -0.39 is 0 Å². The van der Waals surface area contributed by atoms with Crippen molar-refractivity contribution in [2.24, 2.45) is 0 Å². The normalized spacial score (nSPS) is 25.8. The molecule has 1 saturated heterocycles. The molecule has 0 bridgehead atoms. The van der Waals surface area contributed by atoms with Crippen LogP contribution < -0.4 is 10.2 Å². The van der Waals surface area contributed by atoms with E-state index in [2.05, 4.69) is 20.4 Å². The predicted octanol–water partition coefficient (Wildman–Crippen LogP) is 1.82.